The van der Waals surface area contributed by atoms with Gasteiger partial charge in [0.1, 0.15) is 12.3 Å². The zero-order valence-electron chi connectivity index (χ0n) is 16.9. The van der Waals surface area contributed by atoms with Crippen molar-refractivity contribution in [2.24, 2.45) is 0 Å². The Labute approximate surface area is 172 Å². The fraction of sp³-hybridized carbons (Fsp3) is 0.182. The van der Waals surface area contributed by atoms with Crippen LogP contribution in [0.3, 0.4) is 0 Å². The lowest BCUT2D eigenvalue weighted by atomic mass is 10.1. The number of aromatic nitrogens is 4. The number of aryl methyl sites for hydroxylation is 2. The van der Waals surface area contributed by atoms with Gasteiger partial charge in [-0.3, -0.25) is 9.59 Å². The number of nitrogens with one attached hydrogen (secondary N) is 1. The lowest BCUT2D eigenvalue weighted by Crippen LogP contribution is -2.25. The van der Waals surface area contributed by atoms with Crippen molar-refractivity contribution in [1.82, 2.24) is 19.2 Å². The topological polar surface area (TPSA) is 90.5 Å². The van der Waals surface area contributed by atoms with E-state index in [-0.39, 0.29) is 18.0 Å². The smallest absolute Gasteiger partial charge is 0.275 e. The van der Waals surface area contributed by atoms with Crippen molar-refractivity contribution in [3.05, 3.63) is 76.2 Å². The molecule has 0 unspecified atom stereocenters. The molecule has 8 heteroatoms. The van der Waals surface area contributed by atoms with Gasteiger partial charge < -0.3 is 14.6 Å². The molecule has 0 radical (unpaired) electrons. The molecule has 4 aromatic rings. The van der Waals surface area contributed by atoms with Gasteiger partial charge in [-0.15, -0.1) is 5.10 Å². The number of nitrogens with zero attached hydrogens (tertiary/aromatic N) is 4. The van der Waals surface area contributed by atoms with Crippen molar-refractivity contribution < 1.29 is 9.53 Å². The molecule has 0 aliphatic carbocycles. The van der Waals surface area contributed by atoms with Gasteiger partial charge in [-0.1, -0.05) is 23.8 Å². The molecule has 0 aliphatic rings. The maximum Gasteiger partial charge on any atom is 0.275 e. The zero-order valence-corrected chi connectivity index (χ0v) is 16.9. The number of fused-ring (bicyclic) bond motifs is 1. The second-order valence-corrected chi connectivity index (χ2v) is 7.00. The van der Waals surface area contributed by atoms with Crippen molar-refractivity contribution in [2.75, 3.05) is 12.4 Å². The van der Waals surface area contributed by atoms with Crippen LogP contribution < -0.4 is 15.6 Å². The molecule has 2 aromatic carbocycles. The van der Waals surface area contributed by atoms with Gasteiger partial charge in [-0.05, 0) is 44.2 Å². The first-order valence-corrected chi connectivity index (χ1v) is 9.43. The van der Waals surface area contributed by atoms with E-state index < -0.39 is 0 Å². The van der Waals surface area contributed by atoms with Crippen LogP contribution in [0.5, 0.6) is 5.75 Å². The highest BCUT2D eigenvalue weighted by atomic mass is 16.5. The third-order valence-electron chi connectivity index (χ3n) is 4.75. The van der Waals surface area contributed by atoms with Crippen LogP contribution in [0, 0.1) is 13.8 Å². The number of carbonyl (C=O) groups excluding carboxylic acids is 1. The lowest BCUT2D eigenvalue weighted by Gasteiger charge is -2.12. The molecular formula is C22H21N5O3. The van der Waals surface area contributed by atoms with E-state index in [1.54, 1.807) is 42.9 Å². The van der Waals surface area contributed by atoms with E-state index >= 15 is 0 Å². The van der Waals surface area contributed by atoms with Crippen molar-refractivity contribution in [1.29, 1.82) is 0 Å². The quantitative estimate of drug-likeness (QED) is 0.553. The minimum atomic E-state index is -0.291. The van der Waals surface area contributed by atoms with Crippen molar-refractivity contribution in [3.8, 4) is 17.1 Å². The number of amides is 1. The number of methoxy groups -OCH3 is 1. The average molecular weight is 403 g/mol. The van der Waals surface area contributed by atoms with Crippen LogP contribution in [-0.4, -0.2) is 32.2 Å². The number of carbonyl (C=O) groups is 1. The van der Waals surface area contributed by atoms with E-state index in [1.807, 2.05) is 31.2 Å². The summed E-state index contributed by atoms with van der Waals surface area (Å²) in [7, 11) is 1.58. The minimum Gasteiger partial charge on any atom is -0.497 e. The number of hydrogen-bond acceptors (Lipinski definition) is 5. The highest BCUT2D eigenvalue weighted by Crippen LogP contribution is 2.18. The highest BCUT2D eigenvalue weighted by molar-refractivity contribution is 5.90. The van der Waals surface area contributed by atoms with Crippen molar-refractivity contribution in [3.63, 3.8) is 0 Å². The Hall–Kier alpha value is -3.94. The van der Waals surface area contributed by atoms with E-state index in [0.717, 1.165) is 11.1 Å². The largest absolute Gasteiger partial charge is 0.497 e. The van der Waals surface area contributed by atoms with Crippen LogP contribution in [0.15, 0.2) is 59.4 Å². The molecule has 2 aromatic heterocycles. The van der Waals surface area contributed by atoms with E-state index in [9.17, 15) is 9.59 Å². The first-order valence-electron chi connectivity index (χ1n) is 9.43. The normalized spacial score (nSPS) is 10.9. The summed E-state index contributed by atoms with van der Waals surface area (Å²) in [5.41, 5.74) is 2.86. The van der Waals surface area contributed by atoms with E-state index in [1.165, 1.54) is 10.6 Å². The monoisotopic (exact) mass is 403 g/mol. The van der Waals surface area contributed by atoms with Crippen LogP contribution in [0.1, 0.15) is 11.3 Å². The second-order valence-electron chi connectivity index (χ2n) is 7.00. The summed E-state index contributed by atoms with van der Waals surface area (Å²) < 4.78 is 8.03. The standard InChI is InChI=1S/C22H21N5O3/c1-14-5-4-6-16(11-14)21-24-22-26(15(2)12-20(29)27(22)25-21)13-19(28)23-17-7-9-18(30-3)10-8-17/h4-12H,13H2,1-3H3,(H,23,28). The Balaban J connectivity index is 1.67. The molecule has 8 nitrogen and oxygen atoms in total. The first-order chi connectivity index (χ1) is 14.4. The van der Waals surface area contributed by atoms with E-state index in [0.29, 0.717) is 28.7 Å². The Morgan fingerprint density at radius 1 is 1.10 bits per heavy atom. The highest BCUT2D eigenvalue weighted by Gasteiger charge is 2.16. The minimum absolute atomic E-state index is 0.00636. The third kappa shape index (κ3) is 3.80. The summed E-state index contributed by atoms with van der Waals surface area (Å²) in [4.78, 5) is 29.6. The molecule has 0 saturated carbocycles. The molecule has 1 N–H and O–H groups in total. The summed E-state index contributed by atoms with van der Waals surface area (Å²) in [5, 5.41) is 7.21. The molecule has 1 amide bonds. The molecule has 0 atom stereocenters. The Kier molecular flexibility index (Phi) is 5.05. The third-order valence-corrected chi connectivity index (χ3v) is 4.75. The SMILES string of the molecule is COc1ccc(NC(=O)Cn2c(C)cc(=O)n3nc(-c4cccc(C)c4)nc23)cc1. The molecule has 0 aliphatic heterocycles. The van der Waals surface area contributed by atoms with Gasteiger partial charge in [0.2, 0.25) is 11.7 Å². The van der Waals surface area contributed by atoms with Crippen LogP contribution >= 0.6 is 0 Å². The molecule has 30 heavy (non-hydrogen) atoms. The zero-order chi connectivity index (χ0) is 21.3. The fourth-order valence-electron chi connectivity index (χ4n) is 3.22. The number of anilines is 1. The first kappa shape index (κ1) is 19.4. The van der Waals surface area contributed by atoms with Gasteiger partial charge in [0.25, 0.3) is 5.56 Å². The predicted molar refractivity (Wildman–Crippen MR) is 114 cm³/mol. The number of rotatable bonds is 5. The van der Waals surface area contributed by atoms with Gasteiger partial charge in [0, 0.05) is 23.0 Å². The molecule has 0 spiro atoms. The van der Waals surface area contributed by atoms with Crippen LogP contribution in [0.2, 0.25) is 0 Å². The summed E-state index contributed by atoms with van der Waals surface area (Å²) in [5.74, 6) is 1.22. The van der Waals surface area contributed by atoms with Crippen molar-refractivity contribution >= 4 is 17.4 Å². The Morgan fingerprint density at radius 2 is 1.87 bits per heavy atom. The Morgan fingerprint density at radius 3 is 2.57 bits per heavy atom. The molecule has 2 heterocycles. The van der Waals surface area contributed by atoms with E-state index in [4.69, 9.17) is 4.74 Å². The Bertz CT molecular complexity index is 1290. The summed E-state index contributed by atoms with van der Waals surface area (Å²) >= 11 is 0. The van der Waals surface area contributed by atoms with Crippen LogP contribution in [0.25, 0.3) is 17.2 Å². The molecule has 152 valence electrons. The molecule has 0 saturated heterocycles. The lowest BCUT2D eigenvalue weighted by molar-refractivity contribution is -0.116. The predicted octanol–water partition coefficient (Wildman–Crippen LogP) is 2.82. The van der Waals surface area contributed by atoms with Gasteiger partial charge >= 0.3 is 0 Å². The number of hydrogen-bond donors (Lipinski definition) is 1. The molecular weight excluding hydrogens is 382 g/mol. The fourth-order valence-corrected chi connectivity index (χ4v) is 3.22. The maximum atomic E-state index is 12.6. The second kappa shape index (κ2) is 7.82. The van der Waals surface area contributed by atoms with Gasteiger partial charge in [0.05, 0.1) is 7.11 Å². The van der Waals surface area contributed by atoms with Crippen molar-refractivity contribution in [2.45, 2.75) is 20.4 Å². The number of benzene rings is 2. The number of ether oxygens (including phenoxy) is 1. The average Bonchev–Trinajstić information content (AvgIpc) is 3.18. The summed E-state index contributed by atoms with van der Waals surface area (Å²) in [6.45, 7) is 3.74. The van der Waals surface area contributed by atoms with Gasteiger partial charge in [0.15, 0.2) is 5.82 Å². The molecule has 4 rings (SSSR count). The van der Waals surface area contributed by atoms with Crippen LogP contribution in [0.4, 0.5) is 5.69 Å². The summed E-state index contributed by atoms with van der Waals surface area (Å²) in [6.07, 6.45) is 0. The van der Waals surface area contributed by atoms with Gasteiger partial charge in [-0.2, -0.15) is 9.50 Å². The molecule has 0 fully saturated rings. The molecule has 0 bridgehead atoms. The van der Waals surface area contributed by atoms with Crippen LogP contribution in [-0.2, 0) is 11.3 Å². The maximum absolute atomic E-state index is 12.6. The summed E-state index contributed by atoms with van der Waals surface area (Å²) in [6, 6.07) is 16.2. The van der Waals surface area contributed by atoms with E-state index in [2.05, 4.69) is 15.4 Å². The van der Waals surface area contributed by atoms with Gasteiger partial charge in [-0.25, -0.2) is 0 Å².